The van der Waals surface area contributed by atoms with Crippen molar-refractivity contribution in [1.29, 1.82) is 0 Å². The molecule has 1 aromatic heterocycles. The first-order chi connectivity index (χ1) is 10.7. The maximum Gasteiger partial charge on any atom is 0.161 e. The summed E-state index contributed by atoms with van der Waals surface area (Å²) in [6.07, 6.45) is 3.96. The van der Waals surface area contributed by atoms with E-state index < -0.39 is 11.6 Å². The Balaban J connectivity index is 2.18. The lowest BCUT2D eigenvalue weighted by Crippen LogP contribution is -2.30. The Kier molecular flexibility index (Phi) is 4.43. The van der Waals surface area contributed by atoms with E-state index in [1.807, 2.05) is 0 Å². The van der Waals surface area contributed by atoms with Crippen LogP contribution in [0, 0.1) is 11.6 Å². The van der Waals surface area contributed by atoms with Gasteiger partial charge in [0.1, 0.15) is 5.82 Å². The monoisotopic (exact) mass is 307 g/mol. The van der Waals surface area contributed by atoms with Gasteiger partial charge in [-0.15, -0.1) is 0 Å². The van der Waals surface area contributed by atoms with Gasteiger partial charge in [-0.3, -0.25) is 0 Å². The maximum atomic E-state index is 13.7. The van der Waals surface area contributed by atoms with Gasteiger partial charge in [-0.2, -0.15) is 0 Å². The lowest BCUT2D eigenvalue weighted by molar-refractivity contribution is 0.358. The number of hydrogen-bond acceptors (Lipinski definition) is 2. The van der Waals surface area contributed by atoms with Gasteiger partial charge in [-0.25, -0.2) is 13.8 Å². The van der Waals surface area contributed by atoms with Gasteiger partial charge in [0.2, 0.25) is 0 Å². The predicted octanol–water partition coefficient (Wildman–Crippen LogP) is 4.14. The Labute approximate surface area is 129 Å². The molecular weight excluding hydrogens is 284 g/mol. The molecule has 0 saturated carbocycles. The summed E-state index contributed by atoms with van der Waals surface area (Å²) in [5.74, 6) is -0.303. The minimum absolute atomic E-state index is 0.312. The smallest absolute Gasteiger partial charge is 0.161 e. The van der Waals surface area contributed by atoms with Crippen LogP contribution in [0.2, 0.25) is 0 Å². The molecule has 1 aliphatic heterocycles. The molecule has 22 heavy (non-hydrogen) atoms. The van der Waals surface area contributed by atoms with E-state index in [9.17, 15) is 8.78 Å². The van der Waals surface area contributed by atoms with Crippen molar-refractivity contribution in [1.82, 2.24) is 14.9 Å². The van der Waals surface area contributed by atoms with Crippen molar-refractivity contribution in [2.24, 2.45) is 0 Å². The number of imidazole rings is 1. The van der Waals surface area contributed by atoms with Crippen molar-refractivity contribution < 1.29 is 8.78 Å². The molecule has 1 fully saturated rings. The molecule has 0 atom stereocenters. The van der Waals surface area contributed by atoms with E-state index >= 15 is 0 Å². The number of nitrogens with zero attached hydrogens (tertiary/aromatic N) is 2. The summed E-state index contributed by atoms with van der Waals surface area (Å²) in [6, 6.07) is 2.85. The lowest BCUT2D eigenvalue weighted by Gasteiger charge is -2.28. The third-order valence-corrected chi connectivity index (χ3v) is 4.78. The Morgan fingerprint density at radius 2 is 1.82 bits per heavy atom. The largest absolute Gasteiger partial charge is 0.324 e. The average Bonchev–Trinajstić information content (AvgIpc) is 2.88. The fraction of sp³-hybridized carbons (Fsp3) is 0.588. The number of benzene rings is 1. The van der Waals surface area contributed by atoms with Crippen LogP contribution in [0.15, 0.2) is 12.1 Å². The lowest BCUT2D eigenvalue weighted by atomic mass is 10.0. The molecule has 0 aliphatic carbocycles. The van der Waals surface area contributed by atoms with Crippen LogP contribution in [-0.2, 0) is 0 Å². The maximum absolute atomic E-state index is 13.7. The second-order valence-corrected chi connectivity index (χ2v) is 6.09. The molecule has 3 rings (SSSR count). The molecule has 0 spiro atoms. The van der Waals surface area contributed by atoms with Crippen molar-refractivity contribution in [2.75, 3.05) is 13.1 Å². The fourth-order valence-electron chi connectivity index (χ4n) is 3.50. The second-order valence-electron chi connectivity index (χ2n) is 6.09. The summed E-state index contributed by atoms with van der Waals surface area (Å²) in [4.78, 5) is 4.67. The van der Waals surface area contributed by atoms with E-state index in [-0.39, 0.29) is 0 Å². The normalized spacial score (nSPS) is 16.8. The van der Waals surface area contributed by atoms with Gasteiger partial charge >= 0.3 is 0 Å². The molecule has 1 N–H and O–H groups in total. The number of aromatic nitrogens is 2. The Morgan fingerprint density at radius 1 is 1.18 bits per heavy atom. The van der Waals surface area contributed by atoms with Crippen molar-refractivity contribution in [3.05, 3.63) is 29.6 Å². The first kappa shape index (κ1) is 15.4. The summed E-state index contributed by atoms with van der Waals surface area (Å²) in [5.41, 5.74) is 1.30. The molecule has 0 unspecified atom stereocenters. The molecule has 1 aromatic carbocycles. The van der Waals surface area contributed by atoms with E-state index in [2.05, 4.69) is 28.7 Å². The zero-order chi connectivity index (χ0) is 15.7. The second kappa shape index (κ2) is 6.32. The molecule has 3 nitrogen and oxygen atoms in total. The molecule has 1 saturated heterocycles. The van der Waals surface area contributed by atoms with Crippen LogP contribution < -0.4 is 5.32 Å². The van der Waals surface area contributed by atoms with E-state index in [0.29, 0.717) is 17.5 Å². The molecule has 0 amide bonds. The van der Waals surface area contributed by atoms with Gasteiger partial charge in [0.05, 0.1) is 11.0 Å². The fourth-order valence-corrected chi connectivity index (χ4v) is 3.50. The summed E-state index contributed by atoms with van der Waals surface area (Å²) in [6.45, 7) is 6.19. The van der Waals surface area contributed by atoms with Crippen LogP contribution in [0.5, 0.6) is 0 Å². The minimum Gasteiger partial charge on any atom is -0.324 e. The zero-order valence-corrected chi connectivity index (χ0v) is 13.2. The summed E-state index contributed by atoms with van der Waals surface area (Å²) in [5, 5.41) is 3.35. The molecule has 2 aromatic rings. The molecule has 5 heteroatoms. The van der Waals surface area contributed by atoms with E-state index in [1.165, 1.54) is 12.1 Å². The van der Waals surface area contributed by atoms with Gasteiger partial charge in [-0.1, -0.05) is 13.8 Å². The van der Waals surface area contributed by atoms with Gasteiger partial charge < -0.3 is 9.88 Å². The number of rotatable bonds is 4. The van der Waals surface area contributed by atoms with Crippen LogP contribution in [0.3, 0.4) is 0 Å². The first-order valence-corrected chi connectivity index (χ1v) is 8.23. The molecule has 1 aliphatic rings. The molecule has 120 valence electrons. The third-order valence-electron chi connectivity index (χ3n) is 4.78. The topological polar surface area (TPSA) is 29.9 Å². The Morgan fingerprint density at radius 3 is 2.45 bits per heavy atom. The predicted molar refractivity (Wildman–Crippen MR) is 84.1 cm³/mol. The number of nitrogens with one attached hydrogen (secondary N) is 1. The summed E-state index contributed by atoms with van der Waals surface area (Å²) < 4.78 is 29.5. The first-order valence-electron chi connectivity index (χ1n) is 8.23. The minimum atomic E-state index is -0.821. The van der Waals surface area contributed by atoms with Gasteiger partial charge in [0, 0.05) is 24.1 Å². The van der Waals surface area contributed by atoms with Crippen molar-refractivity contribution in [3.8, 4) is 0 Å². The van der Waals surface area contributed by atoms with E-state index in [4.69, 9.17) is 0 Å². The highest BCUT2D eigenvalue weighted by Gasteiger charge is 2.25. The third kappa shape index (κ3) is 2.62. The molecular formula is C17H23F2N3. The molecule has 2 heterocycles. The van der Waals surface area contributed by atoms with Crippen molar-refractivity contribution in [2.45, 2.75) is 51.5 Å². The summed E-state index contributed by atoms with van der Waals surface area (Å²) >= 11 is 0. The summed E-state index contributed by atoms with van der Waals surface area (Å²) in [7, 11) is 0. The zero-order valence-electron chi connectivity index (χ0n) is 13.2. The van der Waals surface area contributed by atoms with Gasteiger partial charge in [-0.05, 0) is 38.8 Å². The Hall–Kier alpha value is -1.49. The highest BCUT2D eigenvalue weighted by atomic mass is 19.2. The number of halogens is 2. The van der Waals surface area contributed by atoms with Crippen LogP contribution >= 0.6 is 0 Å². The quantitative estimate of drug-likeness (QED) is 0.920. The van der Waals surface area contributed by atoms with Crippen molar-refractivity contribution >= 4 is 11.0 Å². The standard InChI is InChI=1S/C17H23F2N3/c1-3-11(4-2)17-21-15-9-13(18)14(19)10-16(15)22(17)12-5-7-20-8-6-12/h9-12,20H,3-8H2,1-2H3. The van der Waals surface area contributed by atoms with Gasteiger partial charge in [0.15, 0.2) is 11.6 Å². The van der Waals surface area contributed by atoms with Crippen LogP contribution in [0.4, 0.5) is 8.78 Å². The number of piperidine rings is 1. The van der Waals surface area contributed by atoms with Crippen LogP contribution in [-0.4, -0.2) is 22.6 Å². The van der Waals surface area contributed by atoms with Crippen LogP contribution in [0.25, 0.3) is 11.0 Å². The van der Waals surface area contributed by atoms with E-state index in [1.54, 1.807) is 0 Å². The molecule has 0 bridgehead atoms. The number of fused-ring (bicyclic) bond motifs is 1. The highest BCUT2D eigenvalue weighted by molar-refractivity contribution is 5.76. The highest BCUT2D eigenvalue weighted by Crippen LogP contribution is 2.33. The van der Waals surface area contributed by atoms with Crippen molar-refractivity contribution in [3.63, 3.8) is 0 Å². The average molecular weight is 307 g/mol. The number of hydrogen-bond donors (Lipinski definition) is 1. The Bertz CT molecular complexity index is 655. The van der Waals surface area contributed by atoms with Gasteiger partial charge in [0.25, 0.3) is 0 Å². The van der Waals surface area contributed by atoms with E-state index in [0.717, 1.165) is 50.1 Å². The van der Waals surface area contributed by atoms with Crippen LogP contribution in [0.1, 0.15) is 57.3 Å². The SMILES string of the molecule is CCC(CC)c1nc2cc(F)c(F)cc2n1C1CCNCC1. The molecule has 0 radical (unpaired) electrons.